The van der Waals surface area contributed by atoms with Crippen molar-refractivity contribution in [1.29, 1.82) is 0 Å². The first-order chi connectivity index (χ1) is 7.77. The van der Waals surface area contributed by atoms with Crippen LogP contribution < -0.4 is 5.32 Å². The summed E-state index contributed by atoms with van der Waals surface area (Å²) in [4.78, 5) is 11.8. The fourth-order valence-corrected chi connectivity index (χ4v) is 1.72. The molecular formula is C12H14FNO2. The molecule has 1 aromatic rings. The minimum Gasteiger partial charge on any atom is -0.378 e. The summed E-state index contributed by atoms with van der Waals surface area (Å²) in [5, 5.41) is 3.06. The van der Waals surface area contributed by atoms with E-state index in [1.165, 1.54) is 6.07 Å². The Bertz CT molecular complexity index is 375. The molecule has 0 aliphatic carbocycles. The van der Waals surface area contributed by atoms with Crippen LogP contribution in [0.15, 0.2) is 24.3 Å². The summed E-state index contributed by atoms with van der Waals surface area (Å²) in [6.45, 7) is 1.68. The number of benzene rings is 1. The van der Waals surface area contributed by atoms with Crippen LogP contribution in [0.5, 0.6) is 0 Å². The zero-order valence-electron chi connectivity index (χ0n) is 8.91. The molecule has 1 atom stereocenters. The van der Waals surface area contributed by atoms with Crippen LogP contribution in [0.1, 0.15) is 5.56 Å². The van der Waals surface area contributed by atoms with Gasteiger partial charge in [0.15, 0.2) is 5.78 Å². The number of hydrogen-bond acceptors (Lipinski definition) is 3. The van der Waals surface area contributed by atoms with Crippen molar-refractivity contribution in [2.45, 2.75) is 12.5 Å². The van der Waals surface area contributed by atoms with E-state index < -0.39 is 0 Å². The van der Waals surface area contributed by atoms with E-state index >= 15 is 0 Å². The van der Waals surface area contributed by atoms with Crippen molar-refractivity contribution in [1.82, 2.24) is 5.32 Å². The summed E-state index contributed by atoms with van der Waals surface area (Å²) in [7, 11) is 0. The van der Waals surface area contributed by atoms with Crippen LogP contribution in [0.2, 0.25) is 0 Å². The number of ketones is 1. The second-order valence-corrected chi connectivity index (χ2v) is 3.82. The van der Waals surface area contributed by atoms with Gasteiger partial charge in [0, 0.05) is 13.0 Å². The standard InChI is InChI=1S/C12H14FNO2/c13-10-4-2-1-3-9(10)7-12(15)11-8-16-6-5-14-11/h1-4,11,14H,5-8H2. The van der Waals surface area contributed by atoms with Gasteiger partial charge in [-0.05, 0) is 11.6 Å². The average molecular weight is 223 g/mol. The summed E-state index contributed by atoms with van der Waals surface area (Å²) in [5.41, 5.74) is 0.444. The molecule has 0 radical (unpaired) electrons. The number of carbonyl (C=O) groups excluding carboxylic acids is 1. The normalized spacial score (nSPS) is 20.7. The van der Waals surface area contributed by atoms with Gasteiger partial charge in [-0.15, -0.1) is 0 Å². The van der Waals surface area contributed by atoms with Crippen LogP contribution in [-0.4, -0.2) is 31.6 Å². The topological polar surface area (TPSA) is 38.3 Å². The fraction of sp³-hybridized carbons (Fsp3) is 0.417. The maximum Gasteiger partial charge on any atom is 0.156 e. The van der Waals surface area contributed by atoms with Gasteiger partial charge in [0.2, 0.25) is 0 Å². The third kappa shape index (κ3) is 2.65. The van der Waals surface area contributed by atoms with Gasteiger partial charge in [0.05, 0.1) is 19.3 Å². The van der Waals surface area contributed by atoms with Crippen LogP contribution in [0, 0.1) is 5.82 Å². The molecule has 2 rings (SSSR count). The Morgan fingerprint density at radius 3 is 3.00 bits per heavy atom. The highest BCUT2D eigenvalue weighted by atomic mass is 19.1. The Labute approximate surface area is 93.6 Å². The lowest BCUT2D eigenvalue weighted by atomic mass is 10.0. The van der Waals surface area contributed by atoms with Crippen molar-refractivity contribution in [3.8, 4) is 0 Å². The molecule has 0 spiro atoms. The molecule has 1 aromatic carbocycles. The lowest BCUT2D eigenvalue weighted by Crippen LogP contribution is -2.47. The summed E-state index contributed by atoms with van der Waals surface area (Å²) >= 11 is 0. The van der Waals surface area contributed by atoms with E-state index in [1.54, 1.807) is 18.2 Å². The average Bonchev–Trinajstić information content (AvgIpc) is 2.33. The number of ether oxygens (including phenoxy) is 1. The van der Waals surface area contributed by atoms with Gasteiger partial charge >= 0.3 is 0 Å². The molecule has 1 aliphatic rings. The SMILES string of the molecule is O=C(Cc1ccccc1F)C1COCCN1. The monoisotopic (exact) mass is 223 g/mol. The number of hydrogen-bond donors (Lipinski definition) is 1. The van der Waals surface area contributed by atoms with Crippen molar-refractivity contribution in [2.24, 2.45) is 0 Å². The molecule has 0 bridgehead atoms. The smallest absolute Gasteiger partial charge is 0.156 e. The van der Waals surface area contributed by atoms with E-state index in [9.17, 15) is 9.18 Å². The first-order valence-corrected chi connectivity index (χ1v) is 5.34. The van der Waals surface area contributed by atoms with E-state index in [2.05, 4.69) is 5.32 Å². The zero-order valence-corrected chi connectivity index (χ0v) is 8.91. The quantitative estimate of drug-likeness (QED) is 0.828. The minimum atomic E-state index is -0.326. The highest BCUT2D eigenvalue weighted by Gasteiger charge is 2.21. The molecule has 86 valence electrons. The Hall–Kier alpha value is -1.26. The number of morpholine rings is 1. The predicted octanol–water partition coefficient (Wildman–Crippen LogP) is 0.926. The molecule has 0 aromatic heterocycles. The second kappa shape index (κ2) is 5.18. The maximum absolute atomic E-state index is 13.3. The third-order valence-electron chi connectivity index (χ3n) is 2.63. The van der Waals surface area contributed by atoms with Gasteiger partial charge in [0.1, 0.15) is 5.82 Å². The highest BCUT2D eigenvalue weighted by molar-refractivity contribution is 5.86. The van der Waals surface area contributed by atoms with Crippen LogP contribution in [0.3, 0.4) is 0 Å². The molecule has 1 N–H and O–H groups in total. The molecule has 16 heavy (non-hydrogen) atoms. The lowest BCUT2D eigenvalue weighted by molar-refractivity contribution is -0.123. The zero-order chi connectivity index (χ0) is 11.4. The largest absolute Gasteiger partial charge is 0.378 e. The summed E-state index contributed by atoms with van der Waals surface area (Å²) in [5.74, 6) is -0.350. The van der Waals surface area contributed by atoms with Gasteiger partial charge in [-0.1, -0.05) is 18.2 Å². The number of nitrogens with one attached hydrogen (secondary N) is 1. The molecule has 0 saturated carbocycles. The van der Waals surface area contributed by atoms with Crippen LogP contribution in [0.25, 0.3) is 0 Å². The number of rotatable bonds is 3. The van der Waals surface area contributed by atoms with Crippen molar-refractivity contribution in [3.63, 3.8) is 0 Å². The fourth-order valence-electron chi connectivity index (χ4n) is 1.72. The molecule has 3 nitrogen and oxygen atoms in total. The van der Waals surface area contributed by atoms with E-state index in [4.69, 9.17) is 4.74 Å². The maximum atomic E-state index is 13.3. The molecule has 0 amide bonds. The Morgan fingerprint density at radius 1 is 1.50 bits per heavy atom. The molecule has 1 aliphatic heterocycles. The van der Waals surface area contributed by atoms with Crippen molar-refractivity contribution in [3.05, 3.63) is 35.6 Å². The third-order valence-corrected chi connectivity index (χ3v) is 2.63. The summed E-state index contributed by atoms with van der Waals surface area (Å²) in [6.07, 6.45) is 0.119. The predicted molar refractivity (Wildman–Crippen MR) is 57.7 cm³/mol. The number of halogens is 1. The van der Waals surface area contributed by atoms with Crippen LogP contribution in [0.4, 0.5) is 4.39 Å². The van der Waals surface area contributed by atoms with E-state index in [0.29, 0.717) is 25.3 Å². The molecule has 1 fully saturated rings. The highest BCUT2D eigenvalue weighted by Crippen LogP contribution is 2.09. The van der Waals surface area contributed by atoms with Crippen LogP contribution >= 0.6 is 0 Å². The van der Waals surface area contributed by atoms with Crippen LogP contribution in [-0.2, 0) is 16.0 Å². The van der Waals surface area contributed by atoms with E-state index in [1.807, 2.05) is 0 Å². The first-order valence-electron chi connectivity index (χ1n) is 5.34. The molecule has 1 saturated heterocycles. The number of Topliss-reactive ketones (excluding diaryl/α,β-unsaturated/α-hetero) is 1. The molecular weight excluding hydrogens is 209 g/mol. The van der Waals surface area contributed by atoms with E-state index in [0.717, 1.165) is 0 Å². The Balaban J connectivity index is 1.99. The first kappa shape index (κ1) is 11.2. The lowest BCUT2D eigenvalue weighted by Gasteiger charge is -2.22. The van der Waals surface area contributed by atoms with Crippen molar-refractivity contribution < 1.29 is 13.9 Å². The van der Waals surface area contributed by atoms with Crippen molar-refractivity contribution >= 4 is 5.78 Å². The second-order valence-electron chi connectivity index (χ2n) is 3.82. The number of carbonyl (C=O) groups is 1. The molecule has 1 heterocycles. The summed E-state index contributed by atoms with van der Waals surface area (Å²) < 4.78 is 18.5. The molecule has 1 unspecified atom stereocenters. The van der Waals surface area contributed by atoms with Gasteiger partial charge in [-0.2, -0.15) is 0 Å². The molecule has 4 heteroatoms. The van der Waals surface area contributed by atoms with Gasteiger partial charge in [-0.3, -0.25) is 4.79 Å². The van der Waals surface area contributed by atoms with Gasteiger partial charge in [-0.25, -0.2) is 4.39 Å². The van der Waals surface area contributed by atoms with Gasteiger partial charge < -0.3 is 10.1 Å². The Morgan fingerprint density at radius 2 is 2.31 bits per heavy atom. The van der Waals surface area contributed by atoms with E-state index in [-0.39, 0.29) is 24.1 Å². The van der Waals surface area contributed by atoms with Crippen molar-refractivity contribution in [2.75, 3.05) is 19.8 Å². The van der Waals surface area contributed by atoms with Gasteiger partial charge in [0.25, 0.3) is 0 Å². The Kier molecular flexibility index (Phi) is 3.64. The minimum absolute atomic E-state index is 0.0233. The summed E-state index contributed by atoms with van der Waals surface area (Å²) in [6, 6.07) is 6.06.